The molecule has 0 radical (unpaired) electrons. The van der Waals surface area contributed by atoms with Crippen molar-refractivity contribution in [1.29, 1.82) is 0 Å². The molecular formula is C66H122N2O21. The Morgan fingerprint density at radius 2 is 1.04 bits per heavy atom. The van der Waals surface area contributed by atoms with Gasteiger partial charge in [-0.3, -0.25) is 9.59 Å². The lowest BCUT2D eigenvalue weighted by molar-refractivity contribution is -0.386. The summed E-state index contributed by atoms with van der Waals surface area (Å²) < 4.78 is 34.8. The number of hydrogen-bond acceptors (Lipinski definition) is 20. The number of nitrogens with one attached hydrogen (secondary N) is 2. The topological polar surface area (TPSA) is 373 Å². The fourth-order valence-electron chi connectivity index (χ4n) is 12.2. The summed E-state index contributed by atoms with van der Waals surface area (Å²) in [5.74, 6) is -6.11. The summed E-state index contributed by atoms with van der Waals surface area (Å²) in [4.78, 5) is 38.5. The van der Waals surface area contributed by atoms with Crippen LogP contribution in [0.5, 0.6) is 0 Å². The standard InChI is InChI=1S/C66H122N2O21/c1-4-6-8-10-12-14-16-18-20-22-23-24-25-27-29-31-33-35-37-39-48(73)47(68-53(76)40-38-36-34-32-30-28-26-21-19-17-15-13-11-9-7-5-2)45-84-63-58(80)57(79)60(52(44-71)86-63)87-64-59(81)62(56(78)51(43-70)85-64)89-66(65(82)83)41-49(74)54(67-46(3)72)61(88-66)55(77)50(75)42-69/h21,26,47-52,54-64,69-71,73-75,77-81H,4-20,22-25,27-45H2,1-3H3,(H,67,72)(H,68,76)(H,82,83)/b26-21-. The molecule has 2 amide bonds. The van der Waals surface area contributed by atoms with Gasteiger partial charge in [0.15, 0.2) is 12.6 Å². The van der Waals surface area contributed by atoms with Crippen LogP contribution in [0.25, 0.3) is 0 Å². The molecule has 3 saturated heterocycles. The fraction of sp³-hybridized carbons (Fsp3) is 0.924. The maximum Gasteiger partial charge on any atom is 0.364 e. The van der Waals surface area contributed by atoms with Crippen LogP contribution >= 0.6 is 0 Å². The van der Waals surface area contributed by atoms with Crippen LogP contribution in [0.4, 0.5) is 0 Å². The summed E-state index contributed by atoms with van der Waals surface area (Å²) in [6, 6.07) is -2.53. The molecule has 18 unspecified atom stereocenters. The fourth-order valence-corrected chi connectivity index (χ4v) is 12.2. The van der Waals surface area contributed by atoms with Gasteiger partial charge in [-0.25, -0.2) is 4.79 Å². The molecule has 23 heteroatoms. The third-order valence-electron chi connectivity index (χ3n) is 17.7. The second-order valence-corrected chi connectivity index (χ2v) is 25.4. The molecule has 3 rings (SSSR count). The van der Waals surface area contributed by atoms with Gasteiger partial charge in [0.05, 0.1) is 50.7 Å². The van der Waals surface area contributed by atoms with E-state index in [9.17, 15) is 75.7 Å². The highest BCUT2D eigenvalue weighted by atomic mass is 16.8. The third kappa shape index (κ3) is 30.2. The lowest BCUT2D eigenvalue weighted by Crippen LogP contribution is -2.70. The molecule has 0 spiro atoms. The van der Waals surface area contributed by atoms with E-state index in [1.165, 1.54) is 135 Å². The molecule has 0 aromatic heterocycles. The Bertz CT molecular complexity index is 1860. The van der Waals surface area contributed by atoms with Crippen molar-refractivity contribution < 1.29 is 104 Å². The quantitative estimate of drug-likeness (QED) is 0.0249. The van der Waals surface area contributed by atoms with Gasteiger partial charge in [0, 0.05) is 19.8 Å². The molecule has 14 N–H and O–H groups in total. The number of carboxylic acids is 1. The highest BCUT2D eigenvalue weighted by Crippen LogP contribution is 2.39. The van der Waals surface area contributed by atoms with Crippen molar-refractivity contribution in [3.05, 3.63) is 12.2 Å². The van der Waals surface area contributed by atoms with E-state index in [1.54, 1.807) is 0 Å². The number of hydrogen-bond donors (Lipinski definition) is 14. The molecular weight excluding hydrogens is 1160 g/mol. The highest BCUT2D eigenvalue weighted by Gasteiger charge is 2.60. The molecule has 18 atom stereocenters. The molecule has 522 valence electrons. The van der Waals surface area contributed by atoms with E-state index in [-0.39, 0.29) is 18.9 Å². The zero-order valence-electron chi connectivity index (χ0n) is 54.3. The third-order valence-corrected chi connectivity index (χ3v) is 17.7. The molecule has 0 saturated carbocycles. The molecule has 0 aliphatic carbocycles. The van der Waals surface area contributed by atoms with Gasteiger partial charge in [-0.2, -0.15) is 0 Å². The Labute approximate surface area is 531 Å². The Morgan fingerprint density at radius 1 is 0.573 bits per heavy atom. The predicted molar refractivity (Wildman–Crippen MR) is 334 cm³/mol. The summed E-state index contributed by atoms with van der Waals surface area (Å²) >= 11 is 0. The van der Waals surface area contributed by atoms with E-state index < -0.39 is 148 Å². The lowest BCUT2D eigenvalue weighted by atomic mass is 9.88. The van der Waals surface area contributed by atoms with E-state index in [2.05, 4.69) is 36.6 Å². The Hall–Kier alpha value is -2.53. The normalized spacial score (nSPS) is 28.8. The van der Waals surface area contributed by atoms with Gasteiger partial charge in [-0.15, -0.1) is 0 Å². The van der Waals surface area contributed by atoms with Gasteiger partial charge < -0.3 is 100 Å². The van der Waals surface area contributed by atoms with E-state index in [0.29, 0.717) is 19.3 Å². The van der Waals surface area contributed by atoms with Crippen LogP contribution in [0.2, 0.25) is 0 Å². The number of aliphatic hydroxyl groups is 11. The monoisotopic (exact) mass is 1280 g/mol. The Morgan fingerprint density at radius 3 is 1.52 bits per heavy atom. The van der Waals surface area contributed by atoms with Gasteiger partial charge in [-0.1, -0.05) is 206 Å². The second kappa shape index (κ2) is 47.4. The van der Waals surface area contributed by atoms with Crippen molar-refractivity contribution in [1.82, 2.24) is 10.6 Å². The van der Waals surface area contributed by atoms with Crippen LogP contribution in [0.15, 0.2) is 12.2 Å². The summed E-state index contributed by atoms with van der Waals surface area (Å²) in [6.07, 6.45) is 15.0. The predicted octanol–water partition coefficient (Wildman–Crippen LogP) is 5.90. The number of amides is 2. The van der Waals surface area contributed by atoms with Gasteiger partial charge in [-0.05, 0) is 38.5 Å². The molecule has 3 aliphatic rings. The van der Waals surface area contributed by atoms with Crippen molar-refractivity contribution in [3.8, 4) is 0 Å². The maximum atomic E-state index is 13.5. The van der Waals surface area contributed by atoms with Crippen molar-refractivity contribution >= 4 is 17.8 Å². The van der Waals surface area contributed by atoms with E-state index in [0.717, 1.165) is 71.1 Å². The number of ether oxygens (including phenoxy) is 6. The highest BCUT2D eigenvalue weighted by molar-refractivity contribution is 5.77. The minimum Gasteiger partial charge on any atom is -0.477 e. The molecule has 3 aliphatic heterocycles. The number of rotatable bonds is 52. The SMILES string of the molecule is CCCCCCCCC/C=C\CCCCCCCC(=O)NC(COC1OC(CO)C(OC2OC(CO)C(O)C(OC3(C(=O)O)CC(O)C(NC(C)=O)C(C(O)C(O)CO)O3)C2O)C(O)C1O)C(O)CCCCCCCCCCCCCCCCCCCCC. The van der Waals surface area contributed by atoms with Crippen LogP contribution in [0.1, 0.15) is 252 Å². The average Bonchev–Trinajstić information content (AvgIpc) is 0.823. The van der Waals surface area contributed by atoms with E-state index in [1.807, 2.05) is 0 Å². The summed E-state index contributed by atoms with van der Waals surface area (Å²) in [7, 11) is 0. The molecule has 23 nitrogen and oxygen atoms in total. The number of aliphatic hydroxyl groups excluding tert-OH is 11. The van der Waals surface area contributed by atoms with Crippen LogP contribution in [0, 0.1) is 0 Å². The lowest BCUT2D eigenvalue weighted by Gasteiger charge is -2.50. The Kier molecular flexibility index (Phi) is 43.0. The van der Waals surface area contributed by atoms with Crippen LogP contribution in [-0.4, -0.2) is 215 Å². The average molecular weight is 1280 g/mol. The first-order valence-corrected chi connectivity index (χ1v) is 34.5. The summed E-state index contributed by atoms with van der Waals surface area (Å²) in [6.45, 7) is 2.20. The van der Waals surface area contributed by atoms with Crippen molar-refractivity contribution in [2.75, 3.05) is 26.4 Å². The molecule has 89 heavy (non-hydrogen) atoms. The Balaban J connectivity index is 1.60. The number of aliphatic carboxylic acids is 1. The first kappa shape index (κ1) is 80.7. The largest absolute Gasteiger partial charge is 0.477 e. The van der Waals surface area contributed by atoms with Crippen molar-refractivity contribution in [2.24, 2.45) is 0 Å². The summed E-state index contributed by atoms with van der Waals surface area (Å²) in [5.41, 5.74) is 0. The smallest absolute Gasteiger partial charge is 0.364 e. The maximum absolute atomic E-state index is 13.5. The second-order valence-electron chi connectivity index (χ2n) is 25.4. The number of allylic oxidation sites excluding steroid dienone is 2. The van der Waals surface area contributed by atoms with Gasteiger partial charge in [0.25, 0.3) is 5.79 Å². The zero-order valence-corrected chi connectivity index (χ0v) is 54.3. The molecule has 0 bridgehead atoms. The number of carbonyl (C=O) groups excluding carboxylic acids is 2. The van der Waals surface area contributed by atoms with Gasteiger partial charge in [0.2, 0.25) is 11.8 Å². The molecule has 0 aromatic rings. The van der Waals surface area contributed by atoms with E-state index in [4.69, 9.17) is 28.4 Å². The van der Waals surface area contributed by atoms with Crippen molar-refractivity contribution in [3.63, 3.8) is 0 Å². The van der Waals surface area contributed by atoms with Crippen LogP contribution in [0.3, 0.4) is 0 Å². The number of unbranched alkanes of at least 4 members (excludes halogenated alkanes) is 30. The van der Waals surface area contributed by atoms with Crippen molar-refractivity contribution in [2.45, 2.75) is 362 Å². The first-order chi connectivity index (χ1) is 42.9. The van der Waals surface area contributed by atoms with Gasteiger partial charge >= 0.3 is 5.97 Å². The first-order valence-electron chi connectivity index (χ1n) is 34.5. The van der Waals surface area contributed by atoms with E-state index >= 15 is 0 Å². The molecule has 3 heterocycles. The zero-order chi connectivity index (χ0) is 65.4. The van der Waals surface area contributed by atoms with Crippen LogP contribution < -0.4 is 10.6 Å². The molecule has 0 aromatic carbocycles. The minimum absolute atomic E-state index is 0.215. The number of carbonyl (C=O) groups is 3. The number of carboxylic acid groups (broad SMARTS) is 1. The van der Waals surface area contributed by atoms with Crippen LogP contribution in [-0.2, 0) is 42.8 Å². The molecule has 3 fully saturated rings. The summed E-state index contributed by atoms with van der Waals surface area (Å²) in [5, 5.41) is 136. The minimum atomic E-state index is -3.08. The van der Waals surface area contributed by atoms with Gasteiger partial charge in [0.1, 0.15) is 67.1 Å².